The van der Waals surface area contributed by atoms with Crippen LogP contribution < -0.4 is 0 Å². The van der Waals surface area contributed by atoms with Crippen LogP contribution in [0.5, 0.6) is 0 Å². The van der Waals surface area contributed by atoms with E-state index in [4.69, 9.17) is 9.79 Å². The topological polar surface area (TPSA) is 60.8 Å². The van der Waals surface area contributed by atoms with Crippen molar-refractivity contribution in [3.63, 3.8) is 0 Å². The first-order valence-corrected chi connectivity index (χ1v) is 6.52. The molecule has 0 bridgehead atoms. The first kappa shape index (κ1) is 16.8. The number of alkyl halides is 4. The van der Waals surface area contributed by atoms with Crippen LogP contribution in [0, 0.1) is 0 Å². The first-order valence-electron chi connectivity index (χ1n) is 4.96. The maximum atomic E-state index is 12.2. The Balaban J connectivity index is 5.00. The number of nitrogens with zero attached hydrogens (tertiary/aromatic N) is 1. The predicted octanol–water partition coefficient (Wildman–Crippen LogP) is 2.47. The second-order valence-corrected chi connectivity index (χ2v) is 5.38. The smallest absolute Gasteiger partial charge is 0.312 e. The average Bonchev–Trinajstić information content (AvgIpc) is 1.95. The fourth-order valence-corrected chi connectivity index (χ4v) is 2.87. The third-order valence-electron chi connectivity index (χ3n) is 2.10. The molecule has 0 saturated heterocycles. The second kappa shape index (κ2) is 6.68. The molecule has 0 atom stereocenters. The van der Waals surface area contributed by atoms with Crippen LogP contribution in [0.15, 0.2) is 0 Å². The molecule has 2 N–H and O–H groups in total. The van der Waals surface area contributed by atoms with E-state index in [0.717, 1.165) is 0 Å². The molecule has 0 amide bonds. The minimum atomic E-state index is -4.83. The van der Waals surface area contributed by atoms with E-state index in [1.54, 1.807) is 0 Å². The van der Waals surface area contributed by atoms with E-state index in [-0.39, 0.29) is 0 Å². The summed E-state index contributed by atoms with van der Waals surface area (Å²) >= 11 is 0. The van der Waals surface area contributed by atoms with E-state index >= 15 is 0 Å². The van der Waals surface area contributed by atoms with Crippen LogP contribution in [0.25, 0.3) is 0 Å². The highest BCUT2D eigenvalue weighted by Gasteiger charge is 2.37. The molecule has 0 heterocycles. The van der Waals surface area contributed by atoms with Gasteiger partial charge in [-0.15, -0.1) is 0 Å². The summed E-state index contributed by atoms with van der Waals surface area (Å²) in [6, 6.07) is -2.35. The van der Waals surface area contributed by atoms with Gasteiger partial charge in [0, 0.05) is 24.9 Å². The largest absolute Gasteiger partial charge is 0.403 e. The van der Waals surface area contributed by atoms with Gasteiger partial charge in [0.15, 0.2) is 0 Å². The molecular formula is C8H16F4NO3P. The Morgan fingerprint density at radius 2 is 1.41 bits per heavy atom. The van der Waals surface area contributed by atoms with Crippen molar-refractivity contribution >= 4 is 7.75 Å². The fraction of sp³-hybridized carbons (Fsp3) is 1.00. The van der Waals surface area contributed by atoms with Gasteiger partial charge in [-0.25, -0.2) is 26.8 Å². The van der Waals surface area contributed by atoms with Crippen molar-refractivity contribution in [2.75, 3.05) is 0 Å². The molecule has 104 valence electrons. The minimum Gasteiger partial charge on any atom is -0.312 e. The Morgan fingerprint density at radius 1 is 1.06 bits per heavy atom. The maximum absolute atomic E-state index is 12.2. The Bertz CT molecular complexity index is 261. The highest BCUT2D eigenvalue weighted by Crippen LogP contribution is 2.45. The highest BCUT2D eigenvalue weighted by atomic mass is 31.2. The van der Waals surface area contributed by atoms with Crippen LogP contribution in [0.1, 0.15) is 26.7 Å². The number of rotatable bonds is 7. The van der Waals surface area contributed by atoms with Crippen molar-refractivity contribution in [1.29, 1.82) is 0 Å². The SMILES string of the molecule is CC(C)N(C(CC(F)F)CC(F)F)P(=O)(O)O. The Hall–Kier alpha value is -0.170. The second-order valence-electron chi connectivity index (χ2n) is 3.89. The van der Waals surface area contributed by atoms with Crippen LogP contribution in [0.2, 0.25) is 0 Å². The van der Waals surface area contributed by atoms with Gasteiger partial charge in [0.25, 0.3) is 0 Å². The minimum absolute atomic E-state index is 0.422. The molecule has 0 rings (SSSR count). The zero-order valence-electron chi connectivity index (χ0n) is 9.43. The molecule has 0 spiro atoms. The third kappa shape index (κ3) is 6.35. The Morgan fingerprint density at radius 3 is 1.59 bits per heavy atom. The summed E-state index contributed by atoms with van der Waals surface area (Å²) in [7, 11) is -4.83. The van der Waals surface area contributed by atoms with Gasteiger partial charge in [-0.2, -0.15) is 0 Å². The molecule has 0 aliphatic rings. The van der Waals surface area contributed by atoms with Gasteiger partial charge in [-0.1, -0.05) is 0 Å². The van der Waals surface area contributed by atoms with Gasteiger partial charge in [-0.05, 0) is 13.8 Å². The lowest BCUT2D eigenvalue weighted by atomic mass is 10.1. The number of halogens is 4. The van der Waals surface area contributed by atoms with Crippen molar-refractivity contribution in [2.24, 2.45) is 0 Å². The average molecular weight is 281 g/mol. The molecule has 17 heavy (non-hydrogen) atoms. The molecule has 0 fully saturated rings. The van der Waals surface area contributed by atoms with Crippen LogP contribution >= 0.6 is 7.75 Å². The lowest BCUT2D eigenvalue weighted by molar-refractivity contribution is 0.0492. The summed E-state index contributed by atoms with van der Waals surface area (Å²) in [6.45, 7) is 2.70. The summed E-state index contributed by atoms with van der Waals surface area (Å²) in [4.78, 5) is 18.0. The van der Waals surface area contributed by atoms with Crippen molar-refractivity contribution in [3.05, 3.63) is 0 Å². The molecule has 0 aromatic rings. The van der Waals surface area contributed by atoms with Gasteiger partial charge in [0.05, 0.1) is 0 Å². The highest BCUT2D eigenvalue weighted by molar-refractivity contribution is 7.49. The fourth-order valence-electron chi connectivity index (χ4n) is 1.66. The van der Waals surface area contributed by atoms with E-state index in [1.807, 2.05) is 0 Å². The Kier molecular flexibility index (Phi) is 6.61. The van der Waals surface area contributed by atoms with Gasteiger partial charge < -0.3 is 9.79 Å². The molecule has 9 heteroatoms. The van der Waals surface area contributed by atoms with Crippen molar-refractivity contribution in [3.8, 4) is 0 Å². The number of hydrogen-bond acceptors (Lipinski definition) is 1. The molecule has 0 aliphatic carbocycles. The van der Waals surface area contributed by atoms with E-state index in [2.05, 4.69) is 0 Å². The summed E-state index contributed by atoms with van der Waals surface area (Å²) < 4.78 is 60.4. The predicted molar refractivity (Wildman–Crippen MR) is 54.0 cm³/mol. The standard InChI is InChI=1S/C8H16F4NO3P/c1-5(2)13(17(14,15)16)6(3-7(9)10)4-8(11)12/h5-8H,3-4H2,1-2H3,(H2,14,15,16). The van der Waals surface area contributed by atoms with Crippen molar-refractivity contribution in [2.45, 2.75) is 51.6 Å². The van der Waals surface area contributed by atoms with Crippen LogP contribution in [-0.2, 0) is 4.57 Å². The van der Waals surface area contributed by atoms with Gasteiger partial charge in [-0.3, -0.25) is 0 Å². The first-order chi connectivity index (χ1) is 7.55. The normalized spacial score (nSPS) is 13.7. The molecule has 0 radical (unpaired) electrons. The van der Waals surface area contributed by atoms with E-state index in [0.29, 0.717) is 4.67 Å². The quantitative estimate of drug-likeness (QED) is 0.556. The molecular weight excluding hydrogens is 265 g/mol. The third-order valence-corrected chi connectivity index (χ3v) is 3.49. The summed E-state index contributed by atoms with van der Waals surface area (Å²) in [6.07, 6.45) is -7.78. The molecule has 0 unspecified atom stereocenters. The van der Waals surface area contributed by atoms with Crippen LogP contribution in [0.4, 0.5) is 17.6 Å². The van der Waals surface area contributed by atoms with Crippen molar-refractivity contribution < 1.29 is 31.9 Å². The Labute approximate surface area is 96.8 Å². The molecule has 0 saturated carbocycles. The zero-order valence-corrected chi connectivity index (χ0v) is 10.3. The summed E-state index contributed by atoms with van der Waals surface area (Å²) in [5, 5.41) is 0. The molecule has 4 nitrogen and oxygen atoms in total. The van der Waals surface area contributed by atoms with Gasteiger partial charge in [0.1, 0.15) is 0 Å². The molecule has 0 aliphatic heterocycles. The lowest BCUT2D eigenvalue weighted by Gasteiger charge is -2.34. The zero-order chi connectivity index (χ0) is 13.8. The number of hydrogen-bond donors (Lipinski definition) is 2. The monoisotopic (exact) mass is 281 g/mol. The van der Waals surface area contributed by atoms with Crippen molar-refractivity contribution in [1.82, 2.24) is 4.67 Å². The van der Waals surface area contributed by atoms with Gasteiger partial charge >= 0.3 is 7.75 Å². The van der Waals surface area contributed by atoms with Crippen LogP contribution in [0.3, 0.4) is 0 Å². The van der Waals surface area contributed by atoms with E-state index < -0.39 is 45.5 Å². The maximum Gasteiger partial charge on any atom is 0.403 e. The van der Waals surface area contributed by atoms with Gasteiger partial charge in [0.2, 0.25) is 12.9 Å². The summed E-state index contributed by atoms with van der Waals surface area (Å²) in [5.74, 6) is 0. The van der Waals surface area contributed by atoms with E-state index in [1.165, 1.54) is 13.8 Å². The van der Waals surface area contributed by atoms with Crippen LogP contribution in [-0.4, -0.2) is 39.4 Å². The lowest BCUT2D eigenvalue weighted by Crippen LogP contribution is -2.40. The van der Waals surface area contributed by atoms with E-state index in [9.17, 15) is 22.1 Å². The molecule has 0 aromatic carbocycles. The summed E-state index contributed by atoms with van der Waals surface area (Å²) in [5.41, 5.74) is 0. The molecule has 0 aromatic heterocycles.